The normalized spacial score (nSPS) is 11.8. The summed E-state index contributed by atoms with van der Waals surface area (Å²) in [6.45, 7) is 1.12. The lowest BCUT2D eigenvalue weighted by Gasteiger charge is -2.15. The fourth-order valence-electron chi connectivity index (χ4n) is 2.83. The summed E-state index contributed by atoms with van der Waals surface area (Å²) in [6.07, 6.45) is -0.756. The molecule has 0 aliphatic rings. The molecule has 0 saturated carbocycles. The summed E-state index contributed by atoms with van der Waals surface area (Å²) in [5, 5.41) is 6.36. The molecule has 0 saturated heterocycles. The highest BCUT2D eigenvalue weighted by Gasteiger charge is 2.35. The van der Waals surface area contributed by atoms with Crippen molar-refractivity contribution in [1.82, 2.24) is 9.97 Å². The number of nitrogens with one attached hydrogen (secondary N) is 2. The zero-order valence-corrected chi connectivity index (χ0v) is 18.7. The average molecular weight is 471 g/mol. The third-order valence-electron chi connectivity index (χ3n) is 4.49. The van der Waals surface area contributed by atoms with E-state index in [0.717, 1.165) is 33.4 Å². The maximum atomic E-state index is 12.6. The first-order valence-corrected chi connectivity index (χ1v) is 10.7. The summed E-state index contributed by atoms with van der Waals surface area (Å²) in [7, 11) is 1.92. The Morgan fingerprint density at radius 3 is 2.39 bits per heavy atom. The molecule has 0 radical (unpaired) electrons. The highest BCUT2D eigenvalue weighted by molar-refractivity contribution is 7.21. The molecule has 0 spiro atoms. The molecule has 2 aromatic heterocycles. The van der Waals surface area contributed by atoms with Crippen LogP contribution in [0.4, 0.5) is 24.5 Å². The summed E-state index contributed by atoms with van der Waals surface area (Å²) >= 11 is 1.67. The van der Waals surface area contributed by atoms with Gasteiger partial charge in [0.1, 0.15) is 17.0 Å². The molecule has 2 aromatic carbocycles. The van der Waals surface area contributed by atoms with Crippen molar-refractivity contribution in [2.45, 2.75) is 13.1 Å². The van der Waals surface area contributed by atoms with E-state index in [1.54, 1.807) is 35.7 Å². The Labute approximate surface area is 193 Å². The number of fused-ring (bicyclic) bond motifs is 1. The maximum absolute atomic E-state index is 12.6. The molecular formula is C24H21F3N4OS. The van der Waals surface area contributed by atoms with Gasteiger partial charge in [-0.3, -0.25) is 9.78 Å². The number of hydrogen-bond donors (Lipinski definition) is 2. The predicted molar refractivity (Wildman–Crippen MR) is 127 cm³/mol. The molecule has 4 rings (SSSR count). The van der Waals surface area contributed by atoms with E-state index in [0.29, 0.717) is 0 Å². The first kappa shape index (κ1) is 23.9. The number of hydrogen-bond acceptors (Lipinski definition) is 6. The van der Waals surface area contributed by atoms with Crippen molar-refractivity contribution in [3.05, 3.63) is 84.3 Å². The number of pyridine rings is 1. The van der Waals surface area contributed by atoms with Crippen molar-refractivity contribution in [3.63, 3.8) is 0 Å². The lowest BCUT2D eigenvalue weighted by molar-refractivity contribution is -0.107. The van der Waals surface area contributed by atoms with Crippen LogP contribution in [0.3, 0.4) is 0 Å². The summed E-state index contributed by atoms with van der Waals surface area (Å²) in [6, 6.07) is 18.1. The molecule has 0 aliphatic heterocycles. The minimum atomic E-state index is -4.57. The first-order valence-electron chi connectivity index (χ1n) is 9.86. The van der Waals surface area contributed by atoms with E-state index in [2.05, 4.69) is 32.7 Å². The molecule has 0 aliphatic carbocycles. The molecule has 0 bridgehead atoms. The van der Waals surface area contributed by atoms with Crippen molar-refractivity contribution >= 4 is 39.2 Å². The Kier molecular flexibility index (Phi) is 7.78. The van der Waals surface area contributed by atoms with E-state index in [1.165, 1.54) is 12.1 Å². The summed E-state index contributed by atoms with van der Waals surface area (Å²) in [5.41, 5.74) is 2.12. The van der Waals surface area contributed by atoms with Crippen LogP contribution < -0.4 is 10.6 Å². The van der Waals surface area contributed by atoms with Crippen LogP contribution in [-0.2, 0) is 4.79 Å². The Hall–Kier alpha value is -3.72. The van der Waals surface area contributed by atoms with Crippen molar-refractivity contribution in [2.24, 2.45) is 0 Å². The van der Waals surface area contributed by atoms with Crippen LogP contribution in [0.1, 0.15) is 6.92 Å². The molecule has 2 heterocycles. The number of anilines is 2. The van der Waals surface area contributed by atoms with Crippen LogP contribution in [0.25, 0.3) is 20.8 Å². The smallest absolute Gasteiger partial charge is 0.388 e. The third kappa shape index (κ3) is 6.39. The molecular weight excluding hydrogens is 449 g/mol. The monoisotopic (exact) mass is 470 g/mol. The molecule has 5 nitrogen and oxygen atoms in total. The van der Waals surface area contributed by atoms with Crippen molar-refractivity contribution in [1.29, 1.82) is 0 Å². The number of aromatic nitrogens is 2. The van der Waals surface area contributed by atoms with Crippen molar-refractivity contribution in [2.75, 3.05) is 17.7 Å². The fraction of sp³-hybridized carbons (Fsp3) is 0.125. The molecule has 2 N–H and O–H groups in total. The molecule has 170 valence electrons. The topological polar surface area (TPSA) is 66.9 Å². The largest absolute Gasteiger partial charge is 0.431 e. The minimum absolute atomic E-state index is 0.179. The number of carbonyl (C=O) groups excluding carboxylic acids is 1. The van der Waals surface area contributed by atoms with Gasteiger partial charge in [0, 0.05) is 42.0 Å². The van der Waals surface area contributed by atoms with Gasteiger partial charge in [-0.25, -0.2) is 4.98 Å². The van der Waals surface area contributed by atoms with E-state index in [9.17, 15) is 18.0 Å². The molecule has 0 amide bonds. The first-order chi connectivity index (χ1) is 15.8. The average Bonchev–Trinajstić information content (AvgIpc) is 3.27. The number of allylic oxidation sites excluding steroid dienone is 2. The standard InChI is InChI=1S/C13H11N3S.C11H10F3NO/c1-14-10-4-2-3-9(7-10)13-16-11-5-6-15-8-12(11)17-13;1-8(7-16)10(11(12,13)14)15-9-5-3-2-4-6-9/h2-8,14H,1H3;2-7,15H,1H3/b;10-8+. The van der Waals surface area contributed by atoms with Crippen LogP contribution >= 0.6 is 11.3 Å². The third-order valence-corrected chi connectivity index (χ3v) is 5.54. The van der Waals surface area contributed by atoms with E-state index in [4.69, 9.17) is 0 Å². The molecule has 0 fully saturated rings. The second-order valence-corrected chi connectivity index (χ2v) is 7.89. The molecule has 0 atom stereocenters. The van der Waals surface area contributed by atoms with Gasteiger partial charge in [0.15, 0.2) is 0 Å². The summed E-state index contributed by atoms with van der Waals surface area (Å²) < 4.78 is 38.8. The SMILES string of the molecule is C/C(C=O)=C(\Nc1ccccc1)C(F)(F)F.CNc1cccc(-c2nc3ccncc3s2)c1. The lowest BCUT2D eigenvalue weighted by atomic mass is 10.2. The van der Waals surface area contributed by atoms with Gasteiger partial charge in [-0.2, -0.15) is 13.2 Å². The number of para-hydroxylation sites is 1. The van der Waals surface area contributed by atoms with Gasteiger partial charge in [0.2, 0.25) is 0 Å². The van der Waals surface area contributed by atoms with E-state index < -0.39 is 11.9 Å². The van der Waals surface area contributed by atoms with Crippen LogP contribution in [-0.4, -0.2) is 29.5 Å². The number of halogens is 3. The number of aldehydes is 1. The van der Waals surface area contributed by atoms with Crippen LogP contribution in [0.5, 0.6) is 0 Å². The molecule has 9 heteroatoms. The lowest BCUT2D eigenvalue weighted by Crippen LogP contribution is -2.21. The van der Waals surface area contributed by atoms with Gasteiger partial charge in [-0.15, -0.1) is 11.3 Å². The highest BCUT2D eigenvalue weighted by atomic mass is 32.1. The fourth-order valence-corrected chi connectivity index (χ4v) is 3.76. The Morgan fingerprint density at radius 2 is 1.76 bits per heavy atom. The van der Waals surface area contributed by atoms with Crippen LogP contribution in [0.2, 0.25) is 0 Å². The van der Waals surface area contributed by atoms with Crippen molar-refractivity contribution < 1.29 is 18.0 Å². The summed E-state index contributed by atoms with van der Waals surface area (Å²) in [4.78, 5) is 19.1. The zero-order chi connectivity index (χ0) is 23.8. The quantitative estimate of drug-likeness (QED) is 0.256. The van der Waals surface area contributed by atoms with Gasteiger partial charge < -0.3 is 10.6 Å². The minimum Gasteiger partial charge on any atom is -0.388 e. The number of nitrogens with zero attached hydrogens (tertiary/aromatic N) is 2. The summed E-state index contributed by atoms with van der Waals surface area (Å²) in [5.74, 6) is 0. The Morgan fingerprint density at radius 1 is 1.03 bits per heavy atom. The van der Waals surface area contributed by atoms with E-state index in [-0.39, 0.29) is 17.5 Å². The van der Waals surface area contributed by atoms with E-state index in [1.807, 2.05) is 31.4 Å². The second kappa shape index (κ2) is 10.7. The van der Waals surface area contributed by atoms with Crippen LogP contribution in [0.15, 0.2) is 84.3 Å². The van der Waals surface area contributed by atoms with Crippen LogP contribution in [0, 0.1) is 0 Å². The number of alkyl halides is 3. The van der Waals surface area contributed by atoms with Crippen molar-refractivity contribution in [3.8, 4) is 10.6 Å². The van der Waals surface area contributed by atoms with E-state index >= 15 is 0 Å². The zero-order valence-electron chi connectivity index (χ0n) is 17.9. The van der Waals surface area contributed by atoms with Gasteiger partial charge in [-0.1, -0.05) is 30.3 Å². The van der Waals surface area contributed by atoms with Gasteiger partial charge >= 0.3 is 6.18 Å². The van der Waals surface area contributed by atoms with Gasteiger partial charge in [0.05, 0.1) is 10.2 Å². The highest BCUT2D eigenvalue weighted by Crippen LogP contribution is 2.31. The Balaban J connectivity index is 0.000000186. The molecule has 4 aromatic rings. The molecule has 33 heavy (non-hydrogen) atoms. The van der Waals surface area contributed by atoms with Gasteiger partial charge in [-0.05, 0) is 37.3 Å². The molecule has 0 unspecified atom stereocenters. The number of benzene rings is 2. The predicted octanol–water partition coefficient (Wildman–Crippen LogP) is 6.53. The Bertz CT molecular complexity index is 1220. The number of carbonyl (C=O) groups is 1. The van der Waals surface area contributed by atoms with Gasteiger partial charge in [0.25, 0.3) is 0 Å². The number of rotatable bonds is 5. The second-order valence-electron chi connectivity index (χ2n) is 6.86. The maximum Gasteiger partial charge on any atom is 0.431 e. The number of thiazole rings is 1.